The molecule has 0 amide bonds. The molecule has 0 atom stereocenters. The van der Waals surface area contributed by atoms with Crippen LogP contribution in [0.3, 0.4) is 0 Å². The van der Waals surface area contributed by atoms with Crippen molar-refractivity contribution in [2.75, 3.05) is 11.4 Å². The lowest BCUT2D eigenvalue weighted by atomic mass is 9.96. The average molecular weight is 448 g/mol. The molecule has 0 unspecified atom stereocenters. The van der Waals surface area contributed by atoms with Crippen LogP contribution in [-0.4, -0.2) is 26.5 Å². The van der Waals surface area contributed by atoms with E-state index in [4.69, 9.17) is 4.21 Å². The highest BCUT2D eigenvalue weighted by atomic mass is 32.1. The van der Waals surface area contributed by atoms with Crippen molar-refractivity contribution in [2.24, 2.45) is 0 Å². The Kier molecular flexibility index (Phi) is 7.80. The third kappa shape index (κ3) is 5.62. The smallest absolute Gasteiger partial charge is 0.197 e. The minimum absolute atomic E-state index is 0.164. The van der Waals surface area contributed by atoms with Crippen LogP contribution < -0.4 is 4.90 Å². The standard InChI is InChI=1S/C26H29N3O.OS/c1-17(2)21-7-5-6-20(12-21)13-26(30)22-10-18(3)11-24(14-22)29-9-8-25-23(16-29)15-27-19(4)28-25;1-2/h5-7,10-12,14-15,17H,8-9,13,16H2,1-4H3;. The van der Waals surface area contributed by atoms with E-state index in [0.29, 0.717) is 12.3 Å². The lowest BCUT2D eigenvalue weighted by Gasteiger charge is -2.30. The van der Waals surface area contributed by atoms with Gasteiger partial charge in [0.15, 0.2) is 18.3 Å². The largest absolute Gasteiger partial charge is 0.367 e. The fraction of sp³-hybridized carbons (Fsp3) is 0.346. The normalized spacial score (nSPS) is 12.7. The molecule has 1 aliphatic rings. The Morgan fingerprint density at radius 3 is 2.66 bits per heavy atom. The van der Waals surface area contributed by atoms with Crippen molar-refractivity contribution >= 4 is 24.0 Å². The van der Waals surface area contributed by atoms with E-state index in [1.807, 2.05) is 31.3 Å². The first-order valence-corrected chi connectivity index (χ1v) is 11.2. The predicted molar refractivity (Wildman–Crippen MR) is 129 cm³/mol. The molecule has 0 saturated carbocycles. The summed E-state index contributed by atoms with van der Waals surface area (Å²) in [4.78, 5) is 24.3. The molecule has 1 aliphatic heterocycles. The van der Waals surface area contributed by atoms with Crippen LogP contribution in [0.1, 0.15) is 63.9 Å². The summed E-state index contributed by atoms with van der Waals surface area (Å²) < 4.78 is 7.83. The van der Waals surface area contributed by atoms with E-state index in [1.54, 1.807) is 0 Å². The second-order valence-electron chi connectivity index (χ2n) is 8.62. The van der Waals surface area contributed by atoms with Crippen LogP contribution in [0.5, 0.6) is 0 Å². The van der Waals surface area contributed by atoms with Crippen LogP contribution in [-0.2, 0) is 31.9 Å². The number of benzene rings is 2. The lowest BCUT2D eigenvalue weighted by molar-refractivity contribution is 0.0993. The third-order valence-corrected chi connectivity index (χ3v) is 5.79. The molecule has 0 aliphatic carbocycles. The topological polar surface area (TPSA) is 63.2 Å². The van der Waals surface area contributed by atoms with Crippen molar-refractivity contribution in [3.05, 3.63) is 88.0 Å². The summed E-state index contributed by atoms with van der Waals surface area (Å²) >= 11 is 2.83. The summed E-state index contributed by atoms with van der Waals surface area (Å²) in [7, 11) is 0. The lowest BCUT2D eigenvalue weighted by Crippen LogP contribution is -2.31. The van der Waals surface area contributed by atoms with Gasteiger partial charge in [0.2, 0.25) is 0 Å². The molecule has 0 radical (unpaired) electrons. The summed E-state index contributed by atoms with van der Waals surface area (Å²) in [5.41, 5.74) is 7.66. The predicted octanol–water partition coefficient (Wildman–Crippen LogP) is 4.87. The summed E-state index contributed by atoms with van der Waals surface area (Å²) in [5.74, 6) is 1.45. The maximum Gasteiger partial charge on any atom is 0.197 e. The Balaban J connectivity index is 0.00000141. The Bertz CT molecular complexity index is 1110. The molecule has 0 spiro atoms. The fourth-order valence-corrected chi connectivity index (χ4v) is 4.09. The Hall–Kier alpha value is -2.99. The molecule has 6 heteroatoms. The second kappa shape index (κ2) is 10.6. The number of carbonyl (C=O) groups excluding carboxylic acids is 1. The monoisotopic (exact) mass is 447 g/mol. The molecule has 0 saturated heterocycles. The number of ketones is 1. The first-order valence-electron chi connectivity index (χ1n) is 10.9. The zero-order valence-corrected chi connectivity index (χ0v) is 19.9. The van der Waals surface area contributed by atoms with Crippen molar-refractivity contribution < 1.29 is 9.00 Å². The number of aryl methyl sites for hydroxylation is 2. The van der Waals surface area contributed by atoms with E-state index >= 15 is 0 Å². The number of Topliss-reactive ketones (excluding diaryl/α,β-unsaturated/α-hetero) is 1. The van der Waals surface area contributed by atoms with E-state index in [-0.39, 0.29) is 5.78 Å². The van der Waals surface area contributed by atoms with E-state index in [0.717, 1.165) is 53.4 Å². The minimum Gasteiger partial charge on any atom is -0.367 e. The van der Waals surface area contributed by atoms with Gasteiger partial charge in [-0.1, -0.05) is 38.1 Å². The van der Waals surface area contributed by atoms with Gasteiger partial charge in [-0.3, -0.25) is 4.79 Å². The van der Waals surface area contributed by atoms with E-state index in [9.17, 15) is 4.79 Å². The van der Waals surface area contributed by atoms with E-state index in [1.165, 1.54) is 11.1 Å². The Morgan fingerprint density at radius 1 is 1.12 bits per heavy atom. The molecular weight excluding hydrogens is 418 g/mol. The van der Waals surface area contributed by atoms with Crippen molar-refractivity contribution in [3.63, 3.8) is 0 Å². The number of anilines is 1. The van der Waals surface area contributed by atoms with Crippen molar-refractivity contribution in [2.45, 2.75) is 53.0 Å². The first-order chi connectivity index (χ1) is 15.4. The number of aromatic nitrogens is 2. The molecule has 166 valence electrons. The molecule has 0 bridgehead atoms. The summed E-state index contributed by atoms with van der Waals surface area (Å²) in [6.45, 7) is 10.0. The van der Waals surface area contributed by atoms with Crippen LogP contribution in [0.25, 0.3) is 0 Å². The zero-order chi connectivity index (χ0) is 23.3. The summed E-state index contributed by atoms with van der Waals surface area (Å²) in [5, 5.41) is 0. The van der Waals surface area contributed by atoms with Gasteiger partial charge in [0.25, 0.3) is 0 Å². The van der Waals surface area contributed by atoms with Gasteiger partial charge in [0.1, 0.15) is 5.82 Å². The van der Waals surface area contributed by atoms with Crippen LogP contribution in [0.15, 0.2) is 48.7 Å². The molecule has 3 aromatic rings. The molecule has 2 heterocycles. The molecule has 0 fully saturated rings. The van der Waals surface area contributed by atoms with Crippen molar-refractivity contribution in [1.82, 2.24) is 9.97 Å². The van der Waals surface area contributed by atoms with Gasteiger partial charge in [-0.05, 0) is 54.7 Å². The van der Waals surface area contributed by atoms with Gasteiger partial charge in [-0.2, -0.15) is 4.21 Å². The van der Waals surface area contributed by atoms with Gasteiger partial charge in [0.05, 0.1) is 5.69 Å². The van der Waals surface area contributed by atoms with Gasteiger partial charge in [-0.15, -0.1) is 0 Å². The van der Waals surface area contributed by atoms with Crippen molar-refractivity contribution in [3.8, 4) is 0 Å². The van der Waals surface area contributed by atoms with Gasteiger partial charge in [-0.25, -0.2) is 9.97 Å². The SMILES string of the molecule is Cc1cc(C(=O)Cc2cccc(C(C)C)c2)cc(N2CCc3nc(C)ncc3C2)c1.O=S. The molecular formula is C26H29N3O2S. The molecule has 5 nitrogen and oxygen atoms in total. The van der Waals surface area contributed by atoms with Gasteiger partial charge in [0, 0.05) is 48.9 Å². The third-order valence-electron chi connectivity index (χ3n) is 5.79. The Labute approximate surface area is 195 Å². The van der Waals surface area contributed by atoms with Crippen molar-refractivity contribution in [1.29, 1.82) is 0 Å². The van der Waals surface area contributed by atoms with Crippen LogP contribution >= 0.6 is 0 Å². The van der Waals surface area contributed by atoms with Gasteiger partial charge >= 0.3 is 0 Å². The minimum atomic E-state index is 0.164. The molecule has 2 aromatic carbocycles. The van der Waals surface area contributed by atoms with Crippen LogP contribution in [0, 0.1) is 13.8 Å². The highest BCUT2D eigenvalue weighted by Gasteiger charge is 2.20. The second-order valence-corrected chi connectivity index (χ2v) is 8.62. The zero-order valence-electron chi connectivity index (χ0n) is 19.1. The number of carbonyl (C=O) groups is 1. The fourth-order valence-electron chi connectivity index (χ4n) is 4.09. The maximum absolute atomic E-state index is 13.1. The van der Waals surface area contributed by atoms with E-state index in [2.05, 4.69) is 72.4 Å². The molecule has 32 heavy (non-hydrogen) atoms. The van der Waals surface area contributed by atoms with Crippen LogP contribution in [0.4, 0.5) is 5.69 Å². The molecule has 4 rings (SSSR count). The number of hydrogen-bond donors (Lipinski definition) is 0. The maximum atomic E-state index is 13.1. The summed E-state index contributed by atoms with van der Waals surface area (Å²) in [6, 6.07) is 14.6. The quantitative estimate of drug-likeness (QED) is 0.520. The molecule has 1 aromatic heterocycles. The number of nitrogens with zero attached hydrogens (tertiary/aromatic N) is 3. The number of hydrogen-bond acceptors (Lipinski definition) is 6. The first kappa shape index (κ1) is 23.7. The van der Waals surface area contributed by atoms with Crippen LogP contribution in [0.2, 0.25) is 0 Å². The molecule has 0 N–H and O–H groups in total. The Morgan fingerprint density at radius 2 is 1.91 bits per heavy atom. The summed E-state index contributed by atoms with van der Waals surface area (Å²) in [6.07, 6.45) is 3.27. The number of fused-ring (bicyclic) bond motifs is 1. The number of rotatable bonds is 5. The highest BCUT2D eigenvalue weighted by molar-refractivity contribution is 7.44. The highest BCUT2D eigenvalue weighted by Crippen LogP contribution is 2.26. The van der Waals surface area contributed by atoms with E-state index < -0.39 is 0 Å². The van der Waals surface area contributed by atoms with Gasteiger partial charge < -0.3 is 4.90 Å². The average Bonchev–Trinajstić information content (AvgIpc) is 2.79.